The van der Waals surface area contributed by atoms with E-state index in [0.717, 1.165) is 6.42 Å². The van der Waals surface area contributed by atoms with Gasteiger partial charge in [-0.25, -0.2) is 0 Å². The van der Waals surface area contributed by atoms with Crippen molar-refractivity contribution in [2.75, 3.05) is 6.54 Å². The summed E-state index contributed by atoms with van der Waals surface area (Å²) in [4.78, 5) is 38.8. The average molecular weight is 451 g/mol. The third kappa shape index (κ3) is 3.31. The van der Waals surface area contributed by atoms with Crippen LogP contribution < -0.4 is 10.1 Å². The van der Waals surface area contributed by atoms with Crippen molar-refractivity contribution in [3.63, 3.8) is 0 Å². The van der Waals surface area contributed by atoms with Gasteiger partial charge < -0.3 is 20.3 Å². The molecule has 0 radical (unpaired) electrons. The van der Waals surface area contributed by atoms with E-state index < -0.39 is 28.5 Å². The summed E-state index contributed by atoms with van der Waals surface area (Å²) in [5.74, 6) is -2.39. The van der Waals surface area contributed by atoms with E-state index in [1.54, 1.807) is 24.7 Å². The molecule has 1 aliphatic carbocycles. The highest BCUT2D eigenvalue weighted by atomic mass is 16.5. The van der Waals surface area contributed by atoms with Crippen LogP contribution in [0.2, 0.25) is 0 Å². The monoisotopic (exact) mass is 451 g/mol. The van der Waals surface area contributed by atoms with Crippen molar-refractivity contribution in [1.29, 1.82) is 0 Å². The molecule has 0 unspecified atom stereocenters. The van der Waals surface area contributed by atoms with Crippen LogP contribution in [-0.4, -0.2) is 43.9 Å². The molecular weight excluding hydrogens is 426 g/mol. The predicted molar refractivity (Wildman–Crippen MR) is 118 cm³/mol. The number of ether oxygens (including phenoxy) is 1. The Morgan fingerprint density at radius 2 is 1.97 bits per heavy atom. The van der Waals surface area contributed by atoms with Crippen molar-refractivity contribution >= 4 is 17.3 Å². The Balaban J connectivity index is 1.72. The number of nitrogens with zero attached hydrogens (tertiary/aromatic N) is 2. The molecule has 9 heteroatoms. The fourth-order valence-electron chi connectivity index (χ4n) is 4.40. The Labute approximate surface area is 190 Å². The van der Waals surface area contributed by atoms with E-state index in [2.05, 4.69) is 10.4 Å². The lowest BCUT2D eigenvalue weighted by molar-refractivity contribution is -0.123. The van der Waals surface area contributed by atoms with Crippen LogP contribution in [0, 0.1) is 6.92 Å². The number of carbonyl (C=O) groups is 3. The number of allylic oxidation sites excluding steroid dienone is 4. The molecule has 172 valence electrons. The number of hydrogen-bond acceptors (Lipinski definition) is 8. The van der Waals surface area contributed by atoms with E-state index >= 15 is 0 Å². The summed E-state index contributed by atoms with van der Waals surface area (Å²) in [6.45, 7) is 7.10. The van der Waals surface area contributed by atoms with Gasteiger partial charge in [0.05, 0.1) is 11.1 Å². The zero-order valence-electron chi connectivity index (χ0n) is 18.9. The molecule has 3 N–H and O–H groups in total. The number of phenols is 2. The molecule has 33 heavy (non-hydrogen) atoms. The lowest BCUT2D eigenvalue weighted by Crippen LogP contribution is -2.41. The van der Waals surface area contributed by atoms with Crippen LogP contribution >= 0.6 is 0 Å². The molecule has 4 rings (SSSR count). The van der Waals surface area contributed by atoms with Crippen molar-refractivity contribution in [2.45, 2.75) is 46.1 Å². The van der Waals surface area contributed by atoms with Crippen LogP contribution in [0.1, 0.15) is 48.7 Å². The molecule has 1 aromatic carbocycles. The number of aromatic nitrogens is 2. The normalized spacial score (nSPS) is 20.7. The first-order valence-electron chi connectivity index (χ1n) is 10.6. The summed E-state index contributed by atoms with van der Waals surface area (Å²) in [6, 6.07) is 1.83. The fourth-order valence-corrected chi connectivity index (χ4v) is 4.40. The number of aryl methyl sites for hydroxylation is 1. The van der Waals surface area contributed by atoms with E-state index in [1.807, 2.05) is 12.3 Å². The van der Waals surface area contributed by atoms with Crippen molar-refractivity contribution in [3.05, 3.63) is 58.3 Å². The van der Waals surface area contributed by atoms with Crippen molar-refractivity contribution in [2.24, 2.45) is 0 Å². The van der Waals surface area contributed by atoms with Crippen LogP contribution in [0.15, 0.2) is 41.6 Å². The number of ketones is 3. The van der Waals surface area contributed by atoms with E-state index in [9.17, 15) is 24.6 Å². The Hall–Kier alpha value is -3.88. The topological polar surface area (TPSA) is 131 Å². The number of hydrogen-bond donors (Lipinski definition) is 3. The number of carbonyl (C=O) groups excluding carboxylic acids is 3. The molecule has 1 aliphatic heterocycles. The van der Waals surface area contributed by atoms with Crippen molar-refractivity contribution < 1.29 is 29.3 Å². The minimum Gasteiger partial charge on any atom is -0.507 e. The largest absolute Gasteiger partial charge is 0.507 e. The molecular formula is C24H25N3O6. The van der Waals surface area contributed by atoms with Crippen LogP contribution in [0.4, 0.5) is 0 Å². The summed E-state index contributed by atoms with van der Waals surface area (Å²) in [5, 5.41) is 28.5. The molecule has 2 aromatic rings. The van der Waals surface area contributed by atoms with Gasteiger partial charge in [-0.1, -0.05) is 0 Å². The van der Waals surface area contributed by atoms with Gasteiger partial charge in [-0.3, -0.25) is 19.1 Å². The van der Waals surface area contributed by atoms with Crippen molar-refractivity contribution in [1.82, 2.24) is 15.1 Å². The number of benzene rings is 1. The molecule has 2 aliphatic rings. The second kappa shape index (κ2) is 7.91. The van der Waals surface area contributed by atoms with E-state index in [0.29, 0.717) is 18.8 Å². The molecule has 1 aromatic heterocycles. The van der Waals surface area contributed by atoms with Gasteiger partial charge in [-0.15, -0.1) is 0 Å². The number of aromatic hydroxyl groups is 2. The molecule has 2 heterocycles. The van der Waals surface area contributed by atoms with Gasteiger partial charge in [0.15, 0.2) is 17.3 Å². The van der Waals surface area contributed by atoms with Crippen LogP contribution in [0.25, 0.3) is 0 Å². The zero-order chi connectivity index (χ0) is 24.1. The number of rotatable bonds is 6. The Bertz CT molecular complexity index is 1260. The summed E-state index contributed by atoms with van der Waals surface area (Å²) in [5.41, 5.74) is -1.12. The summed E-state index contributed by atoms with van der Waals surface area (Å²) in [7, 11) is 0. The SMILES string of the molecule is CC(=O)c1c(O)c(C)c(O)c2c1OC1=CC(=O)/C(=C(/C)NCCCn3cccn3)C(=O)[C@]12C. The van der Waals surface area contributed by atoms with Crippen LogP contribution in [-0.2, 0) is 21.5 Å². The smallest absolute Gasteiger partial charge is 0.194 e. The molecule has 0 saturated heterocycles. The first-order chi connectivity index (χ1) is 15.6. The maximum absolute atomic E-state index is 13.7. The Kier molecular flexibility index (Phi) is 5.35. The van der Waals surface area contributed by atoms with Gasteiger partial charge in [-0.05, 0) is 40.2 Å². The maximum atomic E-state index is 13.7. The molecule has 0 amide bonds. The predicted octanol–water partition coefficient (Wildman–Crippen LogP) is 2.45. The summed E-state index contributed by atoms with van der Waals surface area (Å²) in [6.07, 6.45) is 5.48. The third-order valence-corrected chi connectivity index (χ3v) is 6.27. The van der Waals surface area contributed by atoms with Gasteiger partial charge in [0, 0.05) is 42.8 Å². The molecule has 0 saturated carbocycles. The average Bonchev–Trinajstić information content (AvgIpc) is 3.36. The number of phenolic OH excluding ortho intramolecular Hbond substituents is 2. The van der Waals surface area contributed by atoms with Crippen LogP contribution in [0.3, 0.4) is 0 Å². The van der Waals surface area contributed by atoms with Gasteiger partial charge >= 0.3 is 0 Å². The Morgan fingerprint density at radius 1 is 1.24 bits per heavy atom. The minimum atomic E-state index is -1.51. The molecule has 0 spiro atoms. The lowest BCUT2D eigenvalue weighted by Gasteiger charge is -2.29. The molecule has 1 atom stereocenters. The van der Waals surface area contributed by atoms with E-state index in [1.165, 1.54) is 19.9 Å². The highest BCUT2D eigenvalue weighted by molar-refractivity contribution is 6.31. The molecule has 9 nitrogen and oxygen atoms in total. The summed E-state index contributed by atoms with van der Waals surface area (Å²) >= 11 is 0. The Morgan fingerprint density at radius 3 is 2.61 bits per heavy atom. The fraction of sp³-hybridized carbons (Fsp3) is 0.333. The minimum absolute atomic E-state index is 0.0190. The second-order valence-corrected chi connectivity index (χ2v) is 8.44. The lowest BCUT2D eigenvalue weighted by atomic mass is 9.70. The number of Topliss-reactive ketones (excluding diaryl/α,β-unsaturated/α-hetero) is 2. The first kappa shape index (κ1) is 22.3. The standard InChI is InChI=1S/C24H25N3O6/c1-12-20(30)18(14(3)28)22-19(21(12)31)24(4)16(33-22)11-15(29)17(23(24)32)13(2)25-7-5-9-27-10-6-8-26-27/h6,8,10-11,25,30-31H,5,7,9H2,1-4H3/b17-13+/t24-/m1/s1. The molecule has 0 bridgehead atoms. The highest BCUT2D eigenvalue weighted by Crippen LogP contribution is 2.57. The highest BCUT2D eigenvalue weighted by Gasteiger charge is 2.56. The zero-order valence-corrected chi connectivity index (χ0v) is 18.9. The first-order valence-corrected chi connectivity index (χ1v) is 10.6. The number of fused-ring (bicyclic) bond motifs is 3. The van der Waals surface area contributed by atoms with Gasteiger partial charge in [0.2, 0.25) is 0 Å². The van der Waals surface area contributed by atoms with E-state index in [-0.39, 0.29) is 39.5 Å². The maximum Gasteiger partial charge on any atom is 0.194 e. The van der Waals surface area contributed by atoms with Crippen molar-refractivity contribution in [3.8, 4) is 17.2 Å². The quantitative estimate of drug-likeness (QED) is 0.264. The third-order valence-electron chi connectivity index (χ3n) is 6.27. The number of nitrogens with one attached hydrogen (secondary N) is 1. The van der Waals surface area contributed by atoms with E-state index in [4.69, 9.17) is 4.74 Å². The molecule has 0 fully saturated rings. The van der Waals surface area contributed by atoms with Gasteiger partial charge in [0.25, 0.3) is 0 Å². The van der Waals surface area contributed by atoms with Gasteiger partial charge in [0.1, 0.15) is 34.0 Å². The second-order valence-electron chi connectivity index (χ2n) is 8.44. The summed E-state index contributed by atoms with van der Waals surface area (Å²) < 4.78 is 7.55. The van der Waals surface area contributed by atoms with Gasteiger partial charge in [-0.2, -0.15) is 5.10 Å². The van der Waals surface area contributed by atoms with Crippen LogP contribution in [0.5, 0.6) is 17.2 Å².